The van der Waals surface area contributed by atoms with Crippen molar-refractivity contribution < 1.29 is 4.79 Å². The first-order valence-corrected chi connectivity index (χ1v) is 6.85. The van der Waals surface area contributed by atoms with Gasteiger partial charge in [-0.2, -0.15) is 0 Å². The number of nitrogens with one attached hydrogen (secondary N) is 1. The molecule has 2 aliphatic rings. The fourth-order valence-electron chi connectivity index (χ4n) is 3.11. The molecule has 1 atom stereocenters. The molecule has 0 aromatic rings. The number of nitrogens with two attached hydrogens (primary N) is 1. The number of hydrogen-bond donors (Lipinski definition) is 2. The quantitative estimate of drug-likeness (QED) is 0.765. The number of likely N-dealkylation sites (tertiary alicyclic amines) is 1. The molecule has 0 aromatic heterocycles. The number of carbonyl (C=O) groups is 1. The molecule has 1 heterocycles. The van der Waals surface area contributed by atoms with Crippen LogP contribution in [0.2, 0.25) is 0 Å². The van der Waals surface area contributed by atoms with Crippen LogP contribution in [0.3, 0.4) is 0 Å². The number of nitrogens with zero attached hydrogens (tertiary/aromatic N) is 1. The summed E-state index contributed by atoms with van der Waals surface area (Å²) < 4.78 is 0. The largest absolute Gasteiger partial charge is 0.354 e. The minimum atomic E-state index is -0.217. The van der Waals surface area contributed by atoms with Gasteiger partial charge in [0.25, 0.3) is 0 Å². The van der Waals surface area contributed by atoms with E-state index in [0.717, 1.165) is 25.9 Å². The van der Waals surface area contributed by atoms with Gasteiger partial charge in [0.05, 0.1) is 0 Å². The lowest BCUT2D eigenvalue weighted by atomic mass is 9.94. The summed E-state index contributed by atoms with van der Waals surface area (Å²) in [6.45, 7) is 1.94. The second kappa shape index (κ2) is 5.36. The van der Waals surface area contributed by atoms with Gasteiger partial charge < -0.3 is 16.0 Å². The Balaban J connectivity index is 1.70. The van der Waals surface area contributed by atoms with Crippen LogP contribution >= 0.6 is 0 Å². The summed E-state index contributed by atoms with van der Waals surface area (Å²) in [7, 11) is 2.13. The summed E-state index contributed by atoms with van der Waals surface area (Å²) in [6.07, 6.45) is 7.31. The topological polar surface area (TPSA) is 58.4 Å². The molecule has 1 saturated carbocycles. The second-order valence-corrected chi connectivity index (χ2v) is 5.83. The van der Waals surface area contributed by atoms with E-state index in [-0.39, 0.29) is 11.4 Å². The van der Waals surface area contributed by atoms with E-state index in [1.807, 2.05) is 0 Å². The minimum Gasteiger partial charge on any atom is -0.354 e. The molecule has 2 fully saturated rings. The Hall–Kier alpha value is -0.610. The van der Waals surface area contributed by atoms with Gasteiger partial charge in [0.1, 0.15) is 0 Å². The average Bonchev–Trinajstić information content (AvgIpc) is 2.85. The summed E-state index contributed by atoms with van der Waals surface area (Å²) in [5.74, 6) is 0.134. The van der Waals surface area contributed by atoms with E-state index in [1.54, 1.807) is 0 Å². The van der Waals surface area contributed by atoms with Gasteiger partial charge in [0, 0.05) is 24.5 Å². The predicted molar refractivity (Wildman–Crippen MR) is 68.7 cm³/mol. The van der Waals surface area contributed by atoms with Crippen LogP contribution in [-0.4, -0.2) is 42.5 Å². The van der Waals surface area contributed by atoms with Gasteiger partial charge in [-0.05, 0) is 39.3 Å². The third-order valence-electron chi connectivity index (χ3n) is 4.32. The maximum absolute atomic E-state index is 11.9. The van der Waals surface area contributed by atoms with E-state index >= 15 is 0 Å². The molecular weight excluding hydrogens is 214 g/mol. The van der Waals surface area contributed by atoms with Crippen LogP contribution in [0.4, 0.5) is 0 Å². The molecule has 1 aliphatic carbocycles. The van der Waals surface area contributed by atoms with Gasteiger partial charge in [-0.25, -0.2) is 0 Å². The molecule has 2 rings (SSSR count). The molecule has 98 valence electrons. The Morgan fingerprint density at radius 1 is 1.41 bits per heavy atom. The van der Waals surface area contributed by atoms with Crippen LogP contribution in [0.15, 0.2) is 0 Å². The van der Waals surface area contributed by atoms with E-state index in [4.69, 9.17) is 5.73 Å². The molecule has 3 N–H and O–H groups in total. The molecule has 4 nitrogen and oxygen atoms in total. The van der Waals surface area contributed by atoms with Crippen molar-refractivity contribution in [1.29, 1.82) is 0 Å². The highest BCUT2D eigenvalue weighted by Crippen LogP contribution is 2.29. The smallest absolute Gasteiger partial charge is 0.221 e. The standard InChI is InChI=1S/C13H25N3O/c1-16-8-4-5-11(16)10-15-12(17)9-13(14)6-2-3-7-13/h11H,2-10,14H2,1H3,(H,15,17). The normalized spacial score (nSPS) is 28.5. The first-order valence-electron chi connectivity index (χ1n) is 6.85. The monoisotopic (exact) mass is 239 g/mol. The highest BCUT2D eigenvalue weighted by Gasteiger charge is 2.32. The number of amides is 1. The maximum atomic E-state index is 11.9. The van der Waals surface area contributed by atoms with Crippen molar-refractivity contribution in [3.63, 3.8) is 0 Å². The zero-order valence-corrected chi connectivity index (χ0v) is 10.9. The molecule has 1 unspecified atom stereocenters. The van der Waals surface area contributed by atoms with E-state index in [0.29, 0.717) is 12.5 Å². The van der Waals surface area contributed by atoms with Crippen molar-refractivity contribution in [2.75, 3.05) is 20.1 Å². The summed E-state index contributed by atoms with van der Waals surface area (Å²) in [6, 6.07) is 0.524. The molecule has 0 spiro atoms. The summed E-state index contributed by atoms with van der Waals surface area (Å²) in [4.78, 5) is 14.2. The van der Waals surface area contributed by atoms with Crippen LogP contribution in [0.5, 0.6) is 0 Å². The highest BCUT2D eigenvalue weighted by molar-refractivity contribution is 5.77. The van der Waals surface area contributed by atoms with Gasteiger partial charge in [-0.3, -0.25) is 4.79 Å². The Bertz CT molecular complexity index is 274. The molecule has 1 saturated heterocycles. The molecule has 0 radical (unpaired) electrons. The third-order valence-corrected chi connectivity index (χ3v) is 4.32. The zero-order chi connectivity index (χ0) is 12.3. The van der Waals surface area contributed by atoms with Crippen LogP contribution in [0, 0.1) is 0 Å². The van der Waals surface area contributed by atoms with Gasteiger partial charge in [-0.1, -0.05) is 12.8 Å². The number of rotatable bonds is 4. The van der Waals surface area contributed by atoms with Gasteiger partial charge in [0.2, 0.25) is 5.91 Å². The third kappa shape index (κ3) is 3.42. The van der Waals surface area contributed by atoms with E-state index in [1.165, 1.54) is 25.7 Å². The first kappa shape index (κ1) is 12.8. The highest BCUT2D eigenvalue weighted by atomic mass is 16.1. The Kier molecular flexibility index (Phi) is 4.05. The lowest BCUT2D eigenvalue weighted by Gasteiger charge is -2.24. The van der Waals surface area contributed by atoms with Crippen molar-refractivity contribution in [3.05, 3.63) is 0 Å². The molecule has 4 heteroatoms. The van der Waals surface area contributed by atoms with Gasteiger partial charge in [0.15, 0.2) is 0 Å². The van der Waals surface area contributed by atoms with Gasteiger partial charge in [-0.15, -0.1) is 0 Å². The minimum absolute atomic E-state index is 0.134. The van der Waals surface area contributed by atoms with Crippen molar-refractivity contribution in [2.45, 2.75) is 56.5 Å². The number of carbonyl (C=O) groups excluding carboxylic acids is 1. The molecule has 1 amide bonds. The van der Waals surface area contributed by atoms with Crippen LogP contribution in [0.1, 0.15) is 44.9 Å². The Labute approximate surface area is 104 Å². The summed E-state index contributed by atoms with van der Waals surface area (Å²) in [5, 5.41) is 3.05. The van der Waals surface area contributed by atoms with Gasteiger partial charge >= 0.3 is 0 Å². The van der Waals surface area contributed by atoms with Crippen LogP contribution < -0.4 is 11.1 Å². The summed E-state index contributed by atoms with van der Waals surface area (Å²) >= 11 is 0. The lowest BCUT2D eigenvalue weighted by molar-refractivity contribution is -0.122. The van der Waals surface area contributed by atoms with Crippen molar-refractivity contribution >= 4 is 5.91 Å². The van der Waals surface area contributed by atoms with E-state index < -0.39 is 0 Å². The predicted octanol–water partition coefficient (Wildman–Crippen LogP) is 0.858. The average molecular weight is 239 g/mol. The maximum Gasteiger partial charge on any atom is 0.221 e. The van der Waals surface area contributed by atoms with E-state index in [9.17, 15) is 4.79 Å². The SMILES string of the molecule is CN1CCCC1CNC(=O)CC1(N)CCCC1. The summed E-state index contributed by atoms with van der Waals surface area (Å²) in [5.41, 5.74) is 5.98. The van der Waals surface area contributed by atoms with Crippen LogP contribution in [0.25, 0.3) is 0 Å². The van der Waals surface area contributed by atoms with Crippen LogP contribution in [-0.2, 0) is 4.79 Å². The number of hydrogen-bond acceptors (Lipinski definition) is 3. The molecule has 17 heavy (non-hydrogen) atoms. The molecule has 0 bridgehead atoms. The zero-order valence-electron chi connectivity index (χ0n) is 10.9. The molecule has 0 aromatic carbocycles. The van der Waals surface area contributed by atoms with Crippen molar-refractivity contribution in [2.24, 2.45) is 5.73 Å². The first-order chi connectivity index (χ1) is 8.09. The molecular formula is C13H25N3O. The van der Waals surface area contributed by atoms with Crippen molar-refractivity contribution in [1.82, 2.24) is 10.2 Å². The lowest BCUT2D eigenvalue weighted by Crippen LogP contribution is -2.44. The Morgan fingerprint density at radius 3 is 2.71 bits per heavy atom. The fraction of sp³-hybridized carbons (Fsp3) is 0.923. The van der Waals surface area contributed by atoms with Crippen molar-refractivity contribution in [3.8, 4) is 0 Å². The number of likely N-dealkylation sites (N-methyl/N-ethyl adjacent to an activating group) is 1. The van der Waals surface area contributed by atoms with E-state index in [2.05, 4.69) is 17.3 Å². The fourth-order valence-corrected chi connectivity index (χ4v) is 3.11. The second-order valence-electron chi connectivity index (χ2n) is 5.83. The molecule has 1 aliphatic heterocycles. The Morgan fingerprint density at radius 2 is 2.12 bits per heavy atom.